The summed E-state index contributed by atoms with van der Waals surface area (Å²) in [6, 6.07) is 5.24. The van der Waals surface area contributed by atoms with Crippen LogP contribution in [0.25, 0.3) is 5.69 Å². The monoisotopic (exact) mass is 345 g/mol. The van der Waals surface area contributed by atoms with E-state index in [4.69, 9.17) is 0 Å². The van der Waals surface area contributed by atoms with Crippen LogP contribution >= 0.6 is 0 Å². The highest BCUT2D eigenvalue weighted by atomic mass is 19.1. The zero-order chi connectivity index (χ0) is 18.2. The van der Waals surface area contributed by atoms with E-state index in [1.54, 1.807) is 36.1 Å². The van der Waals surface area contributed by atoms with Gasteiger partial charge in [0.25, 0.3) is 0 Å². The van der Waals surface area contributed by atoms with Crippen molar-refractivity contribution in [3.63, 3.8) is 0 Å². The smallest absolute Gasteiger partial charge is 0.191 e. The Kier molecular flexibility index (Phi) is 6.98. The normalized spacial score (nSPS) is 11.8. The van der Waals surface area contributed by atoms with Gasteiger partial charge in [0.1, 0.15) is 11.6 Å². The Balaban J connectivity index is 1.90. The van der Waals surface area contributed by atoms with Gasteiger partial charge in [0.2, 0.25) is 0 Å². The van der Waals surface area contributed by atoms with Crippen molar-refractivity contribution in [2.24, 2.45) is 10.9 Å². The first-order valence-corrected chi connectivity index (χ1v) is 8.74. The van der Waals surface area contributed by atoms with Gasteiger partial charge in [-0.2, -0.15) is 0 Å². The van der Waals surface area contributed by atoms with Crippen LogP contribution in [0.15, 0.2) is 35.6 Å². The van der Waals surface area contributed by atoms with E-state index in [-0.39, 0.29) is 5.82 Å². The summed E-state index contributed by atoms with van der Waals surface area (Å²) in [4.78, 5) is 8.33. The number of benzene rings is 1. The number of rotatable bonds is 7. The van der Waals surface area contributed by atoms with Crippen molar-refractivity contribution in [1.82, 2.24) is 20.2 Å². The van der Waals surface area contributed by atoms with Gasteiger partial charge in [0, 0.05) is 32.5 Å². The van der Waals surface area contributed by atoms with E-state index in [9.17, 15) is 4.39 Å². The van der Waals surface area contributed by atoms with Gasteiger partial charge in [-0.1, -0.05) is 19.9 Å². The molecule has 25 heavy (non-hydrogen) atoms. The Morgan fingerprint density at radius 2 is 2.12 bits per heavy atom. The lowest BCUT2D eigenvalue weighted by atomic mass is 10.1. The van der Waals surface area contributed by atoms with Crippen molar-refractivity contribution in [2.75, 3.05) is 13.6 Å². The zero-order valence-corrected chi connectivity index (χ0v) is 15.5. The third-order valence-electron chi connectivity index (χ3n) is 4.03. The van der Waals surface area contributed by atoms with Crippen LogP contribution in [-0.4, -0.2) is 29.1 Å². The second kappa shape index (κ2) is 9.20. The average Bonchev–Trinajstić information content (AvgIpc) is 3.00. The van der Waals surface area contributed by atoms with Crippen LogP contribution in [-0.2, 0) is 6.54 Å². The molecule has 6 heteroatoms. The summed E-state index contributed by atoms with van der Waals surface area (Å²) in [6.07, 6.45) is 5.71. The molecule has 0 unspecified atom stereocenters. The van der Waals surface area contributed by atoms with Gasteiger partial charge < -0.3 is 15.2 Å². The molecule has 0 aliphatic carbocycles. The van der Waals surface area contributed by atoms with Crippen molar-refractivity contribution in [1.29, 1.82) is 0 Å². The molecular weight excluding hydrogens is 317 g/mol. The lowest BCUT2D eigenvalue weighted by molar-refractivity contribution is 0.549. The van der Waals surface area contributed by atoms with E-state index < -0.39 is 0 Å². The summed E-state index contributed by atoms with van der Waals surface area (Å²) in [7, 11) is 1.74. The summed E-state index contributed by atoms with van der Waals surface area (Å²) in [5.74, 6) is 1.94. The molecule has 1 aromatic carbocycles. The minimum Gasteiger partial charge on any atom is -0.356 e. The van der Waals surface area contributed by atoms with Gasteiger partial charge in [-0.3, -0.25) is 4.99 Å². The molecule has 0 fully saturated rings. The van der Waals surface area contributed by atoms with Crippen LogP contribution in [0.5, 0.6) is 0 Å². The molecule has 0 aliphatic heterocycles. The van der Waals surface area contributed by atoms with E-state index in [1.165, 1.54) is 6.42 Å². The Labute approximate surface area is 149 Å². The molecule has 1 aromatic heterocycles. The first-order valence-electron chi connectivity index (χ1n) is 8.74. The number of aliphatic imine (C=N–C) groups is 1. The molecular formula is C19H28FN5. The fraction of sp³-hybridized carbons (Fsp3) is 0.474. The highest BCUT2D eigenvalue weighted by Crippen LogP contribution is 2.16. The van der Waals surface area contributed by atoms with Crippen molar-refractivity contribution in [2.45, 2.75) is 40.2 Å². The molecule has 0 saturated heterocycles. The number of guanidine groups is 1. The Hall–Kier alpha value is -2.37. The standard InChI is InChI=1S/C19H28FN5/c1-14(2)6-5-9-23-19(21-4)24-13-16-7-8-18(17(20)12-16)25-11-10-22-15(25)3/h7-8,10-12,14H,5-6,9,13H2,1-4H3,(H2,21,23,24). The molecule has 0 aliphatic rings. The van der Waals surface area contributed by atoms with E-state index in [0.717, 1.165) is 30.3 Å². The Morgan fingerprint density at radius 1 is 1.32 bits per heavy atom. The molecule has 136 valence electrons. The molecule has 0 radical (unpaired) electrons. The quantitative estimate of drug-likeness (QED) is 0.459. The van der Waals surface area contributed by atoms with Gasteiger partial charge in [-0.05, 0) is 43.4 Å². The highest BCUT2D eigenvalue weighted by molar-refractivity contribution is 5.79. The number of aryl methyl sites for hydroxylation is 1. The van der Waals surface area contributed by atoms with Crippen LogP contribution in [0.3, 0.4) is 0 Å². The summed E-state index contributed by atoms with van der Waals surface area (Å²) in [6.45, 7) is 7.69. The summed E-state index contributed by atoms with van der Waals surface area (Å²) < 4.78 is 16.1. The summed E-state index contributed by atoms with van der Waals surface area (Å²) >= 11 is 0. The number of aromatic nitrogens is 2. The molecule has 0 atom stereocenters. The predicted molar refractivity (Wildman–Crippen MR) is 101 cm³/mol. The van der Waals surface area contributed by atoms with Crippen molar-refractivity contribution < 1.29 is 4.39 Å². The molecule has 1 heterocycles. The van der Waals surface area contributed by atoms with E-state index in [2.05, 4.69) is 34.5 Å². The lowest BCUT2D eigenvalue weighted by Crippen LogP contribution is -2.37. The minimum atomic E-state index is -0.264. The van der Waals surface area contributed by atoms with Crippen molar-refractivity contribution in [3.8, 4) is 5.69 Å². The van der Waals surface area contributed by atoms with Gasteiger partial charge in [-0.15, -0.1) is 0 Å². The van der Waals surface area contributed by atoms with Gasteiger partial charge >= 0.3 is 0 Å². The highest BCUT2D eigenvalue weighted by Gasteiger charge is 2.08. The SMILES string of the molecule is CN=C(NCCCC(C)C)NCc1ccc(-n2ccnc2C)c(F)c1. The number of imidazole rings is 1. The molecule has 0 amide bonds. The number of halogens is 1. The molecule has 2 aromatic rings. The van der Waals surface area contributed by atoms with E-state index in [0.29, 0.717) is 18.2 Å². The van der Waals surface area contributed by atoms with Crippen LogP contribution in [0.1, 0.15) is 38.1 Å². The minimum absolute atomic E-state index is 0.264. The summed E-state index contributed by atoms with van der Waals surface area (Å²) in [5, 5.41) is 6.50. The molecule has 2 rings (SSSR count). The van der Waals surface area contributed by atoms with Crippen LogP contribution < -0.4 is 10.6 Å². The number of nitrogens with one attached hydrogen (secondary N) is 2. The average molecular weight is 345 g/mol. The molecule has 0 spiro atoms. The topological polar surface area (TPSA) is 54.2 Å². The number of nitrogens with zero attached hydrogens (tertiary/aromatic N) is 3. The van der Waals surface area contributed by atoms with Crippen LogP contribution in [0.4, 0.5) is 4.39 Å². The first kappa shape index (κ1) is 19.0. The number of hydrogen-bond acceptors (Lipinski definition) is 2. The first-order chi connectivity index (χ1) is 12.0. The maximum Gasteiger partial charge on any atom is 0.191 e. The fourth-order valence-corrected chi connectivity index (χ4v) is 2.61. The van der Waals surface area contributed by atoms with Crippen molar-refractivity contribution >= 4 is 5.96 Å². The van der Waals surface area contributed by atoms with Crippen molar-refractivity contribution in [3.05, 3.63) is 47.8 Å². The van der Waals surface area contributed by atoms with Crippen LogP contribution in [0.2, 0.25) is 0 Å². The van der Waals surface area contributed by atoms with Gasteiger partial charge in [0.15, 0.2) is 5.96 Å². The number of hydrogen-bond donors (Lipinski definition) is 2. The second-order valence-corrected chi connectivity index (χ2v) is 6.52. The van der Waals surface area contributed by atoms with Gasteiger partial charge in [0.05, 0.1) is 5.69 Å². The molecule has 0 saturated carbocycles. The van der Waals surface area contributed by atoms with Crippen LogP contribution in [0, 0.1) is 18.7 Å². The second-order valence-electron chi connectivity index (χ2n) is 6.52. The molecule has 0 bridgehead atoms. The Bertz CT molecular complexity index is 706. The largest absolute Gasteiger partial charge is 0.356 e. The Morgan fingerprint density at radius 3 is 2.72 bits per heavy atom. The third kappa shape index (κ3) is 5.59. The maximum absolute atomic E-state index is 14.4. The lowest BCUT2D eigenvalue weighted by Gasteiger charge is -2.13. The summed E-state index contributed by atoms with van der Waals surface area (Å²) in [5.41, 5.74) is 1.37. The predicted octanol–water partition coefficient (Wildman–Crippen LogP) is 3.42. The molecule has 2 N–H and O–H groups in total. The van der Waals surface area contributed by atoms with E-state index >= 15 is 0 Å². The third-order valence-corrected chi connectivity index (χ3v) is 4.03. The molecule has 5 nitrogen and oxygen atoms in total. The van der Waals surface area contributed by atoms with Gasteiger partial charge in [-0.25, -0.2) is 9.37 Å². The zero-order valence-electron chi connectivity index (χ0n) is 15.5. The maximum atomic E-state index is 14.4. The van der Waals surface area contributed by atoms with E-state index in [1.807, 2.05) is 13.0 Å². The fourth-order valence-electron chi connectivity index (χ4n) is 2.61.